The highest BCUT2D eigenvalue weighted by Gasteiger charge is 2.30. The molecule has 0 saturated carbocycles. The van der Waals surface area contributed by atoms with Crippen molar-refractivity contribution >= 4 is 41.1 Å². The number of rotatable bonds is 4. The number of nitrogens with one attached hydrogen (secondary N) is 1. The maximum absolute atomic E-state index is 12.4. The maximum atomic E-state index is 12.4. The molecule has 3 amide bonds. The Morgan fingerprint density at radius 2 is 1.72 bits per heavy atom. The number of imide groups is 1. The number of methoxy groups -OCH3 is 1. The Hall–Kier alpha value is -2.61. The SMILES string of the molecule is COC(=O)C1=C(NC(=O)c2ccc(N3C(=O)CCC3=O)cc2)CCS1. The Labute approximate surface area is 148 Å². The largest absolute Gasteiger partial charge is 0.465 e. The van der Waals surface area contributed by atoms with Crippen LogP contribution in [-0.4, -0.2) is 36.6 Å². The van der Waals surface area contributed by atoms with E-state index in [-0.39, 0.29) is 30.6 Å². The Morgan fingerprint density at radius 3 is 2.32 bits per heavy atom. The average Bonchev–Trinajstić information content (AvgIpc) is 3.21. The van der Waals surface area contributed by atoms with E-state index in [1.54, 1.807) is 24.3 Å². The monoisotopic (exact) mass is 360 g/mol. The lowest BCUT2D eigenvalue weighted by Gasteiger charge is -2.14. The van der Waals surface area contributed by atoms with Gasteiger partial charge in [0.05, 0.1) is 12.8 Å². The first kappa shape index (κ1) is 17.2. The highest BCUT2D eigenvalue weighted by Crippen LogP contribution is 2.31. The predicted octanol–water partition coefficient (Wildman–Crippen LogP) is 1.59. The van der Waals surface area contributed by atoms with Crippen LogP contribution >= 0.6 is 11.8 Å². The summed E-state index contributed by atoms with van der Waals surface area (Å²) < 4.78 is 4.71. The molecular formula is C17H16N2O5S. The number of thioether (sulfide) groups is 1. The lowest BCUT2D eigenvalue weighted by molar-refractivity contribution is -0.135. The lowest BCUT2D eigenvalue weighted by atomic mass is 10.1. The van der Waals surface area contributed by atoms with Crippen molar-refractivity contribution in [1.82, 2.24) is 5.32 Å². The van der Waals surface area contributed by atoms with Crippen molar-refractivity contribution in [1.29, 1.82) is 0 Å². The average molecular weight is 360 g/mol. The fourth-order valence-electron chi connectivity index (χ4n) is 2.69. The zero-order valence-corrected chi connectivity index (χ0v) is 14.4. The number of ether oxygens (including phenoxy) is 1. The molecule has 1 N–H and O–H groups in total. The van der Waals surface area contributed by atoms with Gasteiger partial charge in [-0.05, 0) is 30.7 Å². The lowest BCUT2D eigenvalue weighted by Crippen LogP contribution is -2.28. The highest BCUT2D eigenvalue weighted by molar-refractivity contribution is 8.04. The summed E-state index contributed by atoms with van der Waals surface area (Å²) in [5.41, 5.74) is 1.38. The Bertz CT molecular complexity index is 769. The summed E-state index contributed by atoms with van der Waals surface area (Å²) in [6, 6.07) is 6.22. The van der Waals surface area contributed by atoms with Crippen LogP contribution in [0.4, 0.5) is 5.69 Å². The molecule has 130 valence electrons. The van der Waals surface area contributed by atoms with Gasteiger partial charge in [0.15, 0.2) is 0 Å². The third-order valence-corrected chi connectivity index (χ3v) is 5.06. The van der Waals surface area contributed by atoms with E-state index in [9.17, 15) is 19.2 Å². The number of benzene rings is 1. The van der Waals surface area contributed by atoms with E-state index in [0.717, 1.165) is 4.90 Å². The predicted molar refractivity (Wildman–Crippen MR) is 91.8 cm³/mol. The van der Waals surface area contributed by atoms with Gasteiger partial charge >= 0.3 is 5.97 Å². The van der Waals surface area contributed by atoms with Gasteiger partial charge in [-0.1, -0.05) is 0 Å². The van der Waals surface area contributed by atoms with Gasteiger partial charge < -0.3 is 10.1 Å². The van der Waals surface area contributed by atoms with Gasteiger partial charge in [0.25, 0.3) is 5.91 Å². The van der Waals surface area contributed by atoms with E-state index >= 15 is 0 Å². The van der Waals surface area contributed by atoms with Crippen LogP contribution in [0.3, 0.4) is 0 Å². The first-order valence-electron chi connectivity index (χ1n) is 7.72. The molecule has 2 aliphatic heterocycles. The van der Waals surface area contributed by atoms with E-state index < -0.39 is 5.97 Å². The van der Waals surface area contributed by atoms with Crippen LogP contribution < -0.4 is 10.2 Å². The summed E-state index contributed by atoms with van der Waals surface area (Å²) >= 11 is 1.35. The van der Waals surface area contributed by atoms with E-state index in [1.165, 1.54) is 18.9 Å². The second-order valence-corrected chi connectivity index (χ2v) is 6.63. The molecule has 8 heteroatoms. The zero-order chi connectivity index (χ0) is 18.0. The number of amides is 3. The number of hydrogen-bond acceptors (Lipinski definition) is 6. The number of allylic oxidation sites excluding steroid dienone is 1. The molecule has 1 aromatic carbocycles. The van der Waals surface area contributed by atoms with Crippen LogP contribution in [0, 0.1) is 0 Å². The van der Waals surface area contributed by atoms with E-state index in [4.69, 9.17) is 4.74 Å². The normalized spacial score (nSPS) is 17.2. The Kier molecular flexibility index (Phi) is 4.89. The second kappa shape index (κ2) is 7.10. The smallest absolute Gasteiger partial charge is 0.346 e. The van der Waals surface area contributed by atoms with Crippen LogP contribution in [0.15, 0.2) is 34.9 Å². The van der Waals surface area contributed by atoms with Crippen molar-refractivity contribution in [3.8, 4) is 0 Å². The Balaban J connectivity index is 1.74. The van der Waals surface area contributed by atoms with Gasteiger partial charge in [-0.2, -0.15) is 0 Å². The molecule has 2 aliphatic rings. The van der Waals surface area contributed by atoms with Crippen molar-refractivity contribution in [2.45, 2.75) is 19.3 Å². The molecule has 25 heavy (non-hydrogen) atoms. The number of carbonyl (C=O) groups excluding carboxylic acids is 4. The van der Waals surface area contributed by atoms with E-state index in [2.05, 4.69) is 5.32 Å². The Morgan fingerprint density at radius 1 is 1.08 bits per heavy atom. The molecule has 0 spiro atoms. The minimum absolute atomic E-state index is 0.212. The van der Waals surface area contributed by atoms with Crippen molar-refractivity contribution in [2.75, 3.05) is 17.8 Å². The third-order valence-electron chi connectivity index (χ3n) is 3.95. The maximum Gasteiger partial charge on any atom is 0.346 e. The van der Waals surface area contributed by atoms with Gasteiger partial charge in [0.1, 0.15) is 4.91 Å². The molecule has 0 radical (unpaired) electrons. The quantitative estimate of drug-likeness (QED) is 0.647. The minimum atomic E-state index is -0.459. The molecule has 1 aromatic rings. The number of nitrogens with zero attached hydrogens (tertiary/aromatic N) is 1. The summed E-state index contributed by atoms with van der Waals surface area (Å²) in [6.45, 7) is 0. The van der Waals surface area contributed by atoms with E-state index in [0.29, 0.717) is 34.0 Å². The summed E-state index contributed by atoms with van der Waals surface area (Å²) in [5, 5.41) is 2.74. The number of carbonyl (C=O) groups is 4. The van der Waals surface area contributed by atoms with Crippen molar-refractivity contribution in [3.05, 3.63) is 40.4 Å². The van der Waals surface area contributed by atoms with E-state index in [1.807, 2.05) is 0 Å². The number of anilines is 1. The molecule has 0 unspecified atom stereocenters. The second-order valence-electron chi connectivity index (χ2n) is 5.52. The van der Waals surface area contributed by atoms with Crippen LogP contribution in [0.25, 0.3) is 0 Å². The topological polar surface area (TPSA) is 92.8 Å². The first-order valence-corrected chi connectivity index (χ1v) is 8.71. The molecule has 0 aliphatic carbocycles. The molecule has 0 bridgehead atoms. The molecule has 2 heterocycles. The van der Waals surface area contributed by atoms with Gasteiger partial charge in [-0.3, -0.25) is 19.3 Å². The highest BCUT2D eigenvalue weighted by atomic mass is 32.2. The van der Waals surface area contributed by atoms with Crippen LogP contribution in [0.2, 0.25) is 0 Å². The summed E-state index contributed by atoms with van der Waals surface area (Å²) in [5.74, 6) is -0.585. The molecule has 1 saturated heterocycles. The minimum Gasteiger partial charge on any atom is -0.465 e. The van der Waals surface area contributed by atoms with Crippen molar-refractivity contribution < 1.29 is 23.9 Å². The molecule has 0 aromatic heterocycles. The van der Waals surface area contributed by atoms with Gasteiger partial charge in [0.2, 0.25) is 11.8 Å². The molecule has 0 atom stereocenters. The molecule has 3 rings (SSSR count). The fraction of sp³-hybridized carbons (Fsp3) is 0.294. The first-order chi connectivity index (χ1) is 12.0. The summed E-state index contributed by atoms with van der Waals surface area (Å²) in [6.07, 6.45) is 1.00. The van der Waals surface area contributed by atoms with Gasteiger partial charge in [0, 0.05) is 29.9 Å². The zero-order valence-electron chi connectivity index (χ0n) is 13.5. The fourth-order valence-corrected chi connectivity index (χ4v) is 3.72. The van der Waals surface area contributed by atoms with Crippen molar-refractivity contribution in [3.63, 3.8) is 0 Å². The molecular weight excluding hydrogens is 344 g/mol. The van der Waals surface area contributed by atoms with Gasteiger partial charge in [-0.25, -0.2) is 4.79 Å². The third kappa shape index (κ3) is 3.43. The summed E-state index contributed by atoms with van der Waals surface area (Å²) in [7, 11) is 1.30. The van der Waals surface area contributed by atoms with Crippen LogP contribution in [-0.2, 0) is 19.1 Å². The molecule has 1 fully saturated rings. The number of hydrogen-bond donors (Lipinski definition) is 1. The van der Waals surface area contributed by atoms with Crippen molar-refractivity contribution in [2.24, 2.45) is 0 Å². The summed E-state index contributed by atoms with van der Waals surface area (Å²) in [4.78, 5) is 49.1. The molecule has 7 nitrogen and oxygen atoms in total. The van der Waals surface area contributed by atoms with Gasteiger partial charge in [-0.15, -0.1) is 11.8 Å². The van der Waals surface area contributed by atoms with Crippen LogP contribution in [0.1, 0.15) is 29.6 Å². The van der Waals surface area contributed by atoms with Crippen LogP contribution in [0.5, 0.6) is 0 Å². The standard InChI is InChI=1S/C17H16N2O5S/c1-24-17(23)15-12(8-9-25-15)18-16(22)10-2-4-11(5-3-10)19-13(20)6-7-14(19)21/h2-5H,6-9H2,1H3,(H,18,22). The number of esters is 1.